The van der Waals surface area contributed by atoms with Gasteiger partial charge in [0.25, 0.3) is 0 Å². The molecule has 5 heteroatoms. The summed E-state index contributed by atoms with van der Waals surface area (Å²) in [6, 6.07) is 7.07. The van der Waals surface area contributed by atoms with Crippen LogP contribution in [0.3, 0.4) is 0 Å². The average Bonchev–Trinajstić information content (AvgIpc) is 2.13. The lowest BCUT2D eigenvalue weighted by molar-refractivity contribution is -0.133. The van der Waals surface area contributed by atoms with Crippen LogP contribution in [0.2, 0.25) is 5.02 Å². The van der Waals surface area contributed by atoms with E-state index >= 15 is 0 Å². The van der Waals surface area contributed by atoms with E-state index in [-0.39, 0.29) is 6.54 Å². The summed E-state index contributed by atoms with van der Waals surface area (Å²) in [5.41, 5.74) is 0.807. The molecule has 0 aliphatic carbocycles. The van der Waals surface area contributed by atoms with Crippen LogP contribution >= 0.6 is 11.6 Å². The quantitative estimate of drug-likeness (QED) is 0.792. The van der Waals surface area contributed by atoms with Gasteiger partial charge in [-0.05, 0) is 11.6 Å². The summed E-state index contributed by atoms with van der Waals surface area (Å²) in [6.45, 7) is 0.268. The third kappa shape index (κ3) is 5.04. The van der Waals surface area contributed by atoms with Gasteiger partial charge in [0.2, 0.25) is 0 Å². The molecule has 0 saturated heterocycles. The van der Waals surface area contributed by atoms with E-state index in [9.17, 15) is 13.2 Å². The van der Waals surface area contributed by atoms with Crippen LogP contribution in [0, 0.1) is 0 Å². The molecule has 1 nitrogen and oxygen atoms in total. The average molecular weight is 238 g/mol. The summed E-state index contributed by atoms with van der Waals surface area (Å²) in [4.78, 5) is 0. The molecule has 1 aromatic carbocycles. The Morgan fingerprint density at radius 2 is 1.87 bits per heavy atom. The number of halogens is 4. The van der Waals surface area contributed by atoms with E-state index in [2.05, 4.69) is 5.32 Å². The molecule has 0 bridgehead atoms. The molecule has 84 valence electrons. The third-order valence-corrected chi connectivity index (χ3v) is 2.23. The number of alkyl halides is 3. The van der Waals surface area contributed by atoms with Crippen LogP contribution in [0.5, 0.6) is 0 Å². The van der Waals surface area contributed by atoms with Crippen molar-refractivity contribution in [1.82, 2.24) is 5.32 Å². The lowest BCUT2D eigenvalue weighted by atomic mass is 10.2. The molecule has 0 atom stereocenters. The van der Waals surface area contributed by atoms with Crippen molar-refractivity contribution >= 4 is 11.6 Å². The molecule has 0 heterocycles. The van der Waals surface area contributed by atoms with E-state index in [1.165, 1.54) is 0 Å². The van der Waals surface area contributed by atoms with Gasteiger partial charge in [-0.1, -0.05) is 29.8 Å². The highest BCUT2D eigenvalue weighted by atomic mass is 35.5. The first-order valence-electron chi connectivity index (χ1n) is 4.50. The molecule has 0 aromatic heterocycles. The minimum Gasteiger partial charge on any atom is -0.312 e. The minimum atomic E-state index is -4.10. The minimum absolute atomic E-state index is 0.0886. The van der Waals surface area contributed by atoms with Gasteiger partial charge in [0.15, 0.2) is 0 Å². The first-order chi connectivity index (χ1) is 6.99. The monoisotopic (exact) mass is 237 g/mol. The number of rotatable bonds is 4. The molecule has 15 heavy (non-hydrogen) atoms. The number of hydrogen-bond acceptors (Lipinski definition) is 1. The SMILES string of the molecule is FC(F)(F)CCNCc1ccccc1Cl. The highest BCUT2D eigenvalue weighted by Crippen LogP contribution is 2.18. The van der Waals surface area contributed by atoms with Crippen molar-refractivity contribution in [3.05, 3.63) is 34.9 Å². The Bertz CT molecular complexity index is 312. The van der Waals surface area contributed by atoms with Crippen molar-refractivity contribution in [2.45, 2.75) is 19.1 Å². The largest absolute Gasteiger partial charge is 0.390 e. The topological polar surface area (TPSA) is 12.0 Å². The van der Waals surface area contributed by atoms with Crippen molar-refractivity contribution in [3.8, 4) is 0 Å². The normalized spacial score (nSPS) is 11.7. The molecular weight excluding hydrogens is 227 g/mol. The molecule has 0 spiro atoms. The van der Waals surface area contributed by atoms with Gasteiger partial charge in [0.1, 0.15) is 0 Å². The van der Waals surface area contributed by atoms with E-state index in [0.29, 0.717) is 11.6 Å². The van der Waals surface area contributed by atoms with Crippen molar-refractivity contribution in [2.75, 3.05) is 6.54 Å². The molecular formula is C10H11ClF3N. The number of hydrogen-bond donors (Lipinski definition) is 1. The maximum absolute atomic E-state index is 11.8. The second-order valence-corrected chi connectivity index (χ2v) is 3.54. The highest BCUT2D eigenvalue weighted by molar-refractivity contribution is 6.31. The summed E-state index contributed by atoms with van der Waals surface area (Å²) >= 11 is 5.83. The van der Waals surface area contributed by atoms with Gasteiger partial charge in [0.05, 0.1) is 6.42 Å². The third-order valence-electron chi connectivity index (χ3n) is 1.86. The van der Waals surface area contributed by atoms with Gasteiger partial charge in [-0.3, -0.25) is 0 Å². The summed E-state index contributed by atoms with van der Waals surface area (Å²) in [5, 5.41) is 3.26. The Morgan fingerprint density at radius 3 is 2.47 bits per heavy atom. The van der Waals surface area contributed by atoms with Gasteiger partial charge in [-0.2, -0.15) is 13.2 Å². The zero-order chi connectivity index (χ0) is 11.3. The Morgan fingerprint density at radius 1 is 1.20 bits per heavy atom. The van der Waals surface area contributed by atoms with Crippen LogP contribution in [0.25, 0.3) is 0 Å². The van der Waals surface area contributed by atoms with Gasteiger partial charge in [-0.25, -0.2) is 0 Å². The Hall–Kier alpha value is -0.740. The van der Waals surface area contributed by atoms with Gasteiger partial charge in [-0.15, -0.1) is 0 Å². The van der Waals surface area contributed by atoms with E-state index in [1.807, 2.05) is 0 Å². The van der Waals surface area contributed by atoms with E-state index in [1.54, 1.807) is 24.3 Å². The number of benzene rings is 1. The molecule has 0 aliphatic heterocycles. The van der Waals surface area contributed by atoms with E-state index in [0.717, 1.165) is 5.56 Å². The Balaban J connectivity index is 2.30. The molecule has 0 amide bonds. The maximum atomic E-state index is 11.8. The molecule has 0 saturated carbocycles. The summed E-state index contributed by atoms with van der Waals surface area (Å²) < 4.78 is 35.4. The standard InChI is InChI=1S/C10H11ClF3N/c11-9-4-2-1-3-8(9)7-15-6-5-10(12,13)14/h1-4,15H,5-7H2. The van der Waals surface area contributed by atoms with Crippen LogP contribution in [0.1, 0.15) is 12.0 Å². The van der Waals surface area contributed by atoms with Crippen LogP contribution < -0.4 is 5.32 Å². The molecule has 1 rings (SSSR count). The van der Waals surface area contributed by atoms with Crippen molar-refractivity contribution in [3.63, 3.8) is 0 Å². The van der Waals surface area contributed by atoms with E-state index in [4.69, 9.17) is 11.6 Å². The lowest BCUT2D eigenvalue weighted by Crippen LogP contribution is -2.21. The number of nitrogens with one attached hydrogen (secondary N) is 1. The maximum Gasteiger partial charge on any atom is 0.390 e. The zero-order valence-electron chi connectivity index (χ0n) is 7.94. The van der Waals surface area contributed by atoms with Gasteiger partial charge in [0, 0.05) is 18.1 Å². The Labute approximate surface area is 91.2 Å². The zero-order valence-corrected chi connectivity index (χ0v) is 8.70. The van der Waals surface area contributed by atoms with Crippen LogP contribution in [-0.4, -0.2) is 12.7 Å². The summed E-state index contributed by atoms with van der Waals surface area (Å²) in [5.74, 6) is 0. The van der Waals surface area contributed by atoms with Crippen LogP contribution in [-0.2, 0) is 6.54 Å². The fraction of sp³-hybridized carbons (Fsp3) is 0.400. The summed E-state index contributed by atoms with van der Waals surface area (Å²) in [6.07, 6.45) is -4.93. The lowest BCUT2D eigenvalue weighted by Gasteiger charge is -2.08. The smallest absolute Gasteiger partial charge is 0.312 e. The first-order valence-corrected chi connectivity index (χ1v) is 4.88. The second kappa shape index (κ2) is 5.37. The van der Waals surface area contributed by atoms with Crippen molar-refractivity contribution in [2.24, 2.45) is 0 Å². The highest BCUT2D eigenvalue weighted by Gasteiger charge is 2.25. The van der Waals surface area contributed by atoms with Crippen molar-refractivity contribution < 1.29 is 13.2 Å². The predicted molar refractivity (Wildman–Crippen MR) is 53.8 cm³/mol. The molecule has 0 unspecified atom stereocenters. The van der Waals surface area contributed by atoms with Crippen LogP contribution in [0.4, 0.5) is 13.2 Å². The van der Waals surface area contributed by atoms with Gasteiger partial charge >= 0.3 is 6.18 Å². The molecule has 1 N–H and O–H groups in total. The fourth-order valence-electron chi connectivity index (χ4n) is 1.09. The van der Waals surface area contributed by atoms with Crippen molar-refractivity contribution in [1.29, 1.82) is 0 Å². The predicted octanol–water partition coefficient (Wildman–Crippen LogP) is 3.38. The molecule has 1 aromatic rings. The van der Waals surface area contributed by atoms with E-state index < -0.39 is 12.6 Å². The second-order valence-electron chi connectivity index (χ2n) is 3.13. The van der Waals surface area contributed by atoms with Gasteiger partial charge < -0.3 is 5.32 Å². The molecule has 0 fully saturated rings. The fourth-order valence-corrected chi connectivity index (χ4v) is 1.30. The summed E-state index contributed by atoms with van der Waals surface area (Å²) in [7, 11) is 0. The van der Waals surface area contributed by atoms with Crippen LogP contribution in [0.15, 0.2) is 24.3 Å². The molecule has 0 radical (unpaired) electrons. The Kier molecular flexibility index (Phi) is 4.42. The molecule has 0 aliphatic rings. The first kappa shape index (κ1) is 12.3.